The van der Waals surface area contributed by atoms with Crippen LogP contribution in [-0.4, -0.2) is 18.5 Å². The van der Waals surface area contributed by atoms with Crippen molar-refractivity contribution >= 4 is 27.3 Å². The molecule has 0 N–H and O–H groups in total. The van der Waals surface area contributed by atoms with Gasteiger partial charge in [-0.25, -0.2) is 0 Å². The maximum absolute atomic E-state index is 13.2. The van der Waals surface area contributed by atoms with Gasteiger partial charge in [0.2, 0.25) is 0 Å². The maximum atomic E-state index is 13.2. The minimum absolute atomic E-state index is 0.136. The van der Waals surface area contributed by atoms with Crippen molar-refractivity contribution in [2.45, 2.75) is 24.3 Å². The normalized spacial score (nSPS) is 17.2. The number of benzene rings is 2. The number of hydrazone groups is 1. The van der Waals surface area contributed by atoms with Crippen molar-refractivity contribution in [1.29, 1.82) is 0 Å². The van der Waals surface area contributed by atoms with Gasteiger partial charge in [-0.15, -0.1) is 0 Å². The van der Waals surface area contributed by atoms with Crippen LogP contribution in [0.25, 0.3) is 0 Å². The number of aryl methyl sites for hydroxylation is 1. The lowest BCUT2D eigenvalue weighted by Crippen LogP contribution is -2.27. The van der Waals surface area contributed by atoms with Gasteiger partial charge >= 0.3 is 0 Å². The Hall–Kier alpha value is -2.57. The fourth-order valence-corrected chi connectivity index (χ4v) is 4.58. The average Bonchev–Trinajstić information content (AvgIpc) is 3.32. The average molecular weight is 401 g/mol. The first-order valence-corrected chi connectivity index (χ1v) is 10.2. The van der Waals surface area contributed by atoms with Crippen LogP contribution in [0.2, 0.25) is 5.02 Å². The lowest BCUT2D eigenvalue weighted by Gasteiger charge is -2.21. The van der Waals surface area contributed by atoms with Gasteiger partial charge < -0.3 is 4.42 Å². The summed E-state index contributed by atoms with van der Waals surface area (Å²) >= 11 is 5.90. The van der Waals surface area contributed by atoms with Crippen molar-refractivity contribution in [3.8, 4) is 0 Å². The maximum Gasteiger partial charge on any atom is 0.279 e. The van der Waals surface area contributed by atoms with E-state index < -0.39 is 16.1 Å². The van der Waals surface area contributed by atoms with Crippen LogP contribution >= 0.6 is 11.6 Å². The molecule has 0 saturated heterocycles. The molecule has 7 heteroatoms. The van der Waals surface area contributed by atoms with Crippen LogP contribution in [0, 0.1) is 6.92 Å². The largest absolute Gasteiger partial charge is 0.467 e. The molecule has 1 aliphatic heterocycles. The minimum Gasteiger partial charge on any atom is -0.467 e. The Morgan fingerprint density at radius 3 is 2.41 bits per heavy atom. The molecule has 2 aromatic carbocycles. The van der Waals surface area contributed by atoms with Gasteiger partial charge in [-0.2, -0.15) is 17.9 Å². The summed E-state index contributed by atoms with van der Waals surface area (Å²) < 4.78 is 33.1. The highest BCUT2D eigenvalue weighted by Gasteiger charge is 2.39. The highest BCUT2D eigenvalue weighted by atomic mass is 35.5. The summed E-state index contributed by atoms with van der Waals surface area (Å²) in [7, 11) is -3.85. The smallest absolute Gasteiger partial charge is 0.279 e. The summed E-state index contributed by atoms with van der Waals surface area (Å²) in [6.07, 6.45) is 1.97. The molecule has 0 radical (unpaired) electrons. The Bertz CT molecular complexity index is 1070. The van der Waals surface area contributed by atoms with Gasteiger partial charge in [-0.05, 0) is 48.9 Å². The third-order valence-corrected chi connectivity index (χ3v) is 6.44. The molecule has 3 aromatic rings. The zero-order chi connectivity index (χ0) is 19.0. The Kier molecular flexibility index (Phi) is 4.53. The zero-order valence-corrected chi connectivity index (χ0v) is 16.1. The van der Waals surface area contributed by atoms with E-state index in [1.54, 1.807) is 24.3 Å². The molecule has 0 saturated carbocycles. The molecule has 4 rings (SSSR count). The van der Waals surface area contributed by atoms with E-state index in [4.69, 9.17) is 16.0 Å². The Balaban J connectivity index is 1.78. The van der Waals surface area contributed by atoms with Crippen molar-refractivity contribution in [1.82, 2.24) is 4.41 Å². The zero-order valence-electron chi connectivity index (χ0n) is 14.5. The minimum atomic E-state index is -3.85. The third kappa shape index (κ3) is 3.38. The summed E-state index contributed by atoms with van der Waals surface area (Å²) in [5.41, 5.74) is 2.73. The molecular weight excluding hydrogens is 384 g/mol. The van der Waals surface area contributed by atoms with E-state index in [1.807, 2.05) is 31.2 Å². The van der Waals surface area contributed by atoms with E-state index in [0.29, 0.717) is 22.9 Å². The molecule has 2 heterocycles. The van der Waals surface area contributed by atoms with Gasteiger partial charge in [0.05, 0.1) is 16.9 Å². The Morgan fingerprint density at radius 1 is 1.07 bits per heavy atom. The van der Waals surface area contributed by atoms with E-state index in [9.17, 15) is 8.42 Å². The van der Waals surface area contributed by atoms with E-state index >= 15 is 0 Å². The number of nitrogens with zero attached hydrogens (tertiary/aromatic N) is 2. The van der Waals surface area contributed by atoms with Crippen molar-refractivity contribution in [2.75, 3.05) is 0 Å². The van der Waals surface area contributed by atoms with Gasteiger partial charge in [-0.1, -0.05) is 41.4 Å². The second kappa shape index (κ2) is 6.87. The standard InChI is InChI=1S/C20H17ClN2O3S/c1-14-4-6-15(7-5-14)18-13-19(20-3-2-12-26-20)23(22-18)27(24,25)17-10-8-16(21)9-11-17/h2-12,19H,13H2,1H3/t19-/m1/s1. The first-order chi connectivity index (χ1) is 12.9. The van der Waals surface area contributed by atoms with Crippen LogP contribution in [0.15, 0.2) is 81.3 Å². The molecular formula is C20H17ClN2O3S. The van der Waals surface area contributed by atoms with Crippen LogP contribution in [0.3, 0.4) is 0 Å². The van der Waals surface area contributed by atoms with E-state index in [2.05, 4.69) is 5.10 Å². The molecule has 0 bridgehead atoms. The molecule has 0 amide bonds. The number of rotatable bonds is 4. The number of hydrogen-bond acceptors (Lipinski definition) is 4. The fourth-order valence-electron chi connectivity index (χ4n) is 3.04. The van der Waals surface area contributed by atoms with Crippen LogP contribution in [-0.2, 0) is 10.0 Å². The Morgan fingerprint density at radius 2 is 1.78 bits per heavy atom. The van der Waals surface area contributed by atoms with Gasteiger partial charge in [-0.3, -0.25) is 0 Å². The third-order valence-electron chi connectivity index (χ3n) is 4.49. The molecule has 1 aromatic heterocycles. The van der Waals surface area contributed by atoms with Gasteiger partial charge in [0.15, 0.2) is 0 Å². The van der Waals surface area contributed by atoms with Crippen LogP contribution in [0.1, 0.15) is 29.3 Å². The molecule has 0 aliphatic carbocycles. The van der Waals surface area contributed by atoms with Crippen LogP contribution in [0.5, 0.6) is 0 Å². The molecule has 0 spiro atoms. The summed E-state index contributed by atoms with van der Waals surface area (Å²) in [6, 6.07) is 16.9. The summed E-state index contributed by atoms with van der Waals surface area (Å²) in [6.45, 7) is 2.00. The number of furan rings is 1. The Labute approximate surface area is 162 Å². The van der Waals surface area contributed by atoms with Gasteiger partial charge in [0.25, 0.3) is 10.0 Å². The predicted molar refractivity (Wildman–Crippen MR) is 104 cm³/mol. The highest BCUT2D eigenvalue weighted by molar-refractivity contribution is 7.89. The fraction of sp³-hybridized carbons (Fsp3) is 0.150. The summed E-state index contributed by atoms with van der Waals surface area (Å²) in [4.78, 5) is 0.136. The molecule has 138 valence electrons. The first kappa shape index (κ1) is 17.8. The van der Waals surface area contributed by atoms with E-state index in [-0.39, 0.29) is 4.90 Å². The van der Waals surface area contributed by atoms with Crippen molar-refractivity contribution in [2.24, 2.45) is 5.10 Å². The molecule has 1 atom stereocenters. The quantitative estimate of drug-likeness (QED) is 0.633. The van der Waals surface area contributed by atoms with Crippen LogP contribution < -0.4 is 0 Å². The summed E-state index contributed by atoms with van der Waals surface area (Å²) in [5.74, 6) is 0.554. The number of hydrogen-bond donors (Lipinski definition) is 0. The van der Waals surface area contributed by atoms with E-state index in [0.717, 1.165) is 15.5 Å². The topological polar surface area (TPSA) is 62.9 Å². The van der Waals surface area contributed by atoms with Crippen molar-refractivity contribution < 1.29 is 12.8 Å². The predicted octanol–water partition coefficient (Wildman–Crippen LogP) is 4.78. The molecule has 0 unspecified atom stereocenters. The monoisotopic (exact) mass is 400 g/mol. The van der Waals surface area contributed by atoms with Gasteiger partial charge in [0.1, 0.15) is 11.8 Å². The lowest BCUT2D eigenvalue weighted by atomic mass is 10.0. The lowest BCUT2D eigenvalue weighted by molar-refractivity contribution is 0.320. The highest BCUT2D eigenvalue weighted by Crippen LogP contribution is 2.37. The second-order valence-electron chi connectivity index (χ2n) is 6.38. The number of sulfonamides is 1. The van der Waals surface area contributed by atoms with E-state index in [1.165, 1.54) is 18.4 Å². The summed E-state index contributed by atoms with van der Waals surface area (Å²) in [5, 5.41) is 4.94. The SMILES string of the molecule is Cc1ccc(C2=NN(S(=O)(=O)c3ccc(Cl)cc3)[C@@H](c3ccco3)C2)cc1. The first-order valence-electron chi connectivity index (χ1n) is 8.43. The number of halogens is 1. The van der Waals surface area contributed by atoms with Crippen molar-refractivity contribution in [3.05, 3.63) is 88.8 Å². The molecule has 0 fully saturated rings. The molecule has 27 heavy (non-hydrogen) atoms. The molecule has 1 aliphatic rings. The van der Waals surface area contributed by atoms with Gasteiger partial charge in [0, 0.05) is 11.4 Å². The molecule has 5 nitrogen and oxygen atoms in total. The van der Waals surface area contributed by atoms with Crippen molar-refractivity contribution in [3.63, 3.8) is 0 Å². The van der Waals surface area contributed by atoms with Crippen LogP contribution in [0.4, 0.5) is 0 Å². The second-order valence-corrected chi connectivity index (χ2v) is 8.61.